The Kier molecular flexibility index (Phi) is 7.20. The number of imidazole rings is 1. The van der Waals surface area contributed by atoms with E-state index in [1.807, 2.05) is 4.57 Å². The molecule has 4 aromatic rings. The van der Waals surface area contributed by atoms with Crippen molar-refractivity contribution in [3.8, 4) is 5.75 Å². The molecule has 2 aliphatic rings. The van der Waals surface area contributed by atoms with E-state index in [1.165, 1.54) is 12.1 Å². The van der Waals surface area contributed by atoms with Gasteiger partial charge in [-0.05, 0) is 43.5 Å². The van der Waals surface area contributed by atoms with Gasteiger partial charge in [0, 0.05) is 30.3 Å². The van der Waals surface area contributed by atoms with Gasteiger partial charge in [0.25, 0.3) is 0 Å². The molecule has 10 nitrogen and oxygen atoms in total. The second-order valence-corrected chi connectivity index (χ2v) is 10.4. The molecule has 204 valence electrons. The number of carbonyl (C=O) groups is 1. The largest absolute Gasteiger partial charge is 0.487 e. The van der Waals surface area contributed by atoms with Gasteiger partial charge in [-0.25, -0.2) is 19.2 Å². The summed E-state index contributed by atoms with van der Waals surface area (Å²) in [4.78, 5) is 23.0. The van der Waals surface area contributed by atoms with Crippen LogP contribution in [0.2, 0.25) is 5.02 Å². The van der Waals surface area contributed by atoms with Crippen molar-refractivity contribution in [1.82, 2.24) is 29.2 Å². The molecular formula is C27H28ClFN6O4. The van der Waals surface area contributed by atoms with Crippen molar-refractivity contribution in [2.45, 2.75) is 51.1 Å². The number of benzene rings is 1. The van der Waals surface area contributed by atoms with Crippen LogP contribution in [0.15, 0.2) is 42.7 Å². The summed E-state index contributed by atoms with van der Waals surface area (Å²) >= 11 is 5.84. The van der Waals surface area contributed by atoms with Crippen molar-refractivity contribution >= 4 is 28.7 Å². The van der Waals surface area contributed by atoms with Gasteiger partial charge in [0.1, 0.15) is 23.3 Å². The van der Waals surface area contributed by atoms with Gasteiger partial charge in [0.15, 0.2) is 17.1 Å². The summed E-state index contributed by atoms with van der Waals surface area (Å²) in [5.41, 5.74) is 1.77. The zero-order valence-corrected chi connectivity index (χ0v) is 21.9. The fourth-order valence-electron chi connectivity index (χ4n) is 5.01. The first-order valence-corrected chi connectivity index (χ1v) is 13.4. The fraction of sp³-hybridized carbons (Fsp3) is 0.407. The van der Waals surface area contributed by atoms with Gasteiger partial charge < -0.3 is 19.1 Å². The van der Waals surface area contributed by atoms with Gasteiger partial charge >= 0.3 is 5.97 Å². The van der Waals surface area contributed by atoms with Gasteiger partial charge in [0.2, 0.25) is 0 Å². The molecule has 1 atom stereocenters. The van der Waals surface area contributed by atoms with Crippen molar-refractivity contribution < 1.29 is 23.8 Å². The Balaban J connectivity index is 1.08. The lowest BCUT2D eigenvalue weighted by molar-refractivity contribution is -0.0593. The summed E-state index contributed by atoms with van der Waals surface area (Å²) in [6.45, 7) is 3.91. The van der Waals surface area contributed by atoms with Crippen LogP contribution in [0.5, 0.6) is 5.75 Å². The van der Waals surface area contributed by atoms with E-state index in [-0.39, 0.29) is 23.7 Å². The fourth-order valence-corrected chi connectivity index (χ4v) is 5.17. The number of halogens is 2. The predicted molar refractivity (Wildman–Crippen MR) is 141 cm³/mol. The summed E-state index contributed by atoms with van der Waals surface area (Å²) < 4.78 is 29.6. The predicted octanol–water partition coefficient (Wildman–Crippen LogP) is 4.00. The van der Waals surface area contributed by atoms with Gasteiger partial charge in [0.05, 0.1) is 38.1 Å². The van der Waals surface area contributed by atoms with E-state index in [2.05, 4.69) is 15.0 Å². The quantitative estimate of drug-likeness (QED) is 0.331. The Hall–Kier alpha value is -3.54. The van der Waals surface area contributed by atoms with Crippen LogP contribution < -0.4 is 4.74 Å². The zero-order valence-electron chi connectivity index (χ0n) is 21.2. The first-order valence-electron chi connectivity index (χ1n) is 13.0. The zero-order chi connectivity index (χ0) is 26.9. The van der Waals surface area contributed by atoms with E-state index < -0.39 is 5.97 Å². The number of aromatic carboxylic acids is 1. The molecule has 1 unspecified atom stereocenters. The lowest BCUT2D eigenvalue weighted by atomic mass is 10.1. The van der Waals surface area contributed by atoms with Crippen LogP contribution in [0.25, 0.3) is 11.2 Å². The van der Waals surface area contributed by atoms with Crippen LogP contribution in [-0.2, 0) is 24.4 Å². The minimum Gasteiger partial charge on any atom is -0.487 e. The lowest BCUT2D eigenvalue weighted by Crippen LogP contribution is -2.39. The molecule has 39 heavy (non-hydrogen) atoms. The number of aromatic nitrogens is 5. The number of likely N-dealkylation sites (tertiary alicyclic amines) is 1. The normalized spacial score (nSPS) is 18.4. The Morgan fingerprint density at radius 1 is 1.15 bits per heavy atom. The van der Waals surface area contributed by atoms with Gasteiger partial charge in [-0.15, -0.1) is 0 Å². The highest BCUT2D eigenvalue weighted by Gasteiger charge is 2.26. The molecule has 12 heteroatoms. The molecule has 0 radical (unpaired) electrons. The first kappa shape index (κ1) is 25.7. The highest BCUT2D eigenvalue weighted by molar-refractivity contribution is 6.30. The molecule has 2 fully saturated rings. The average molecular weight is 555 g/mol. The van der Waals surface area contributed by atoms with Crippen LogP contribution in [0.3, 0.4) is 0 Å². The summed E-state index contributed by atoms with van der Waals surface area (Å²) in [6.07, 6.45) is 6.22. The van der Waals surface area contributed by atoms with E-state index in [0.717, 1.165) is 44.8 Å². The van der Waals surface area contributed by atoms with Crippen LogP contribution in [0.4, 0.5) is 4.39 Å². The third kappa shape index (κ3) is 5.75. The molecule has 0 spiro atoms. The number of hydrogen-bond donors (Lipinski definition) is 1. The van der Waals surface area contributed by atoms with E-state index in [9.17, 15) is 14.3 Å². The lowest BCUT2D eigenvalue weighted by Gasteiger charge is -2.32. The maximum Gasteiger partial charge on any atom is 0.354 e. The van der Waals surface area contributed by atoms with Gasteiger partial charge in [-0.1, -0.05) is 17.7 Å². The maximum atomic E-state index is 14.1. The Morgan fingerprint density at radius 2 is 1.97 bits per heavy atom. The standard InChI is InChI=1S/C27H28ClFN6O4/c28-18-2-1-17(22(29)11-18)13-34-14-21(12-30-34)39-19-5-8-33(9-6-19)16-25-31-23-3-4-24(27(36)37)32-26(23)35(25)15-20-7-10-38-20/h1-4,11-12,14,19-20H,5-10,13,15-16H2,(H,36,37). The number of hydrogen-bond acceptors (Lipinski definition) is 7. The van der Waals surface area contributed by atoms with E-state index in [4.69, 9.17) is 26.1 Å². The molecule has 6 rings (SSSR count). The number of fused-ring (bicyclic) bond motifs is 1. The van der Waals surface area contributed by atoms with E-state index >= 15 is 0 Å². The topological polar surface area (TPSA) is 108 Å². The highest BCUT2D eigenvalue weighted by Crippen LogP contribution is 2.24. The average Bonchev–Trinajstić information content (AvgIpc) is 3.47. The Bertz CT molecular complexity index is 1490. The van der Waals surface area contributed by atoms with E-state index in [1.54, 1.807) is 35.3 Å². The van der Waals surface area contributed by atoms with Crippen LogP contribution in [0, 0.1) is 5.82 Å². The van der Waals surface area contributed by atoms with Crippen molar-refractivity contribution in [3.05, 3.63) is 70.6 Å². The number of ether oxygens (including phenoxy) is 2. The summed E-state index contributed by atoms with van der Waals surface area (Å²) in [5.74, 6) is 0.0894. The second kappa shape index (κ2) is 10.9. The maximum absolute atomic E-state index is 14.1. The first-order chi connectivity index (χ1) is 18.9. The number of rotatable bonds is 9. The Morgan fingerprint density at radius 3 is 2.69 bits per heavy atom. The molecule has 1 aromatic carbocycles. The van der Waals surface area contributed by atoms with Gasteiger partial charge in [-0.3, -0.25) is 9.58 Å². The molecule has 0 bridgehead atoms. The molecule has 5 heterocycles. The van der Waals surface area contributed by atoms with Crippen LogP contribution in [0.1, 0.15) is 41.1 Å². The minimum absolute atomic E-state index is 0.00399. The van der Waals surface area contributed by atoms with Crippen molar-refractivity contribution in [2.75, 3.05) is 19.7 Å². The highest BCUT2D eigenvalue weighted by atomic mass is 35.5. The molecule has 0 saturated carbocycles. The SMILES string of the molecule is O=C(O)c1ccc2nc(CN3CCC(Oc4cnn(Cc5ccc(Cl)cc5F)c4)CC3)n(CC3CCO3)c2n1. The number of carboxylic acids is 1. The number of piperidine rings is 1. The minimum atomic E-state index is -1.06. The molecule has 3 aromatic heterocycles. The van der Waals surface area contributed by atoms with Crippen LogP contribution >= 0.6 is 11.6 Å². The molecule has 2 saturated heterocycles. The summed E-state index contributed by atoms with van der Waals surface area (Å²) in [7, 11) is 0. The summed E-state index contributed by atoms with van der Waals surface area (Å²) in [5, 5.41) is 14.1. The number of pyridine rings is 1. The molecular weight excluding hydrogens is 527 g/mol. The number of nitrogens with zero attached hydrogens (tertiary/aromatic N) is 6. The molecule has 2 aliphatic heterocycles. The van der Waals surface area contributed by atoms with Crippen LogP contribution in [-0.4, -0.2) is 72.2 Å². The smallest absolute Gasteiger partial charge is 0.354 e. The third-order valence-corrected chi connectivity index (χ3v) is 7.46. The van der Waals surface area contributed by atoms with E-state index in [0.29, 0.717) is 47.1 Å². The molecule has 0 aliphatic carbocycles. The van der Waals surface area contributed by atoms with Crippen molar-refractivity contribution in [1.29, 1.82) is 0 Å². The number of carboxylic acid groups (broad SMARTS) is 1. The molecule has 1 N–H and O–H groups in total. The monoisotopic (exact) mass is 554 g/mol. The van der Waals surface area contributed by atoms with Crippen molar-refractivity contribution in [2.24, 2.45) is 0 Å². The molecule has 0 amide bonds. The third-order valence-electron chi connectivity index (χ3n) is 7.23. The summed E-state index contributed by atoms with van der Waals surface area (Å²) in [6, 6.07) is 7.82. The van der Waals surface area contributed by atoms with Crippen molar-refractivity contribution in [3.63, 3.8) is 0 Å². The second-order valence-electron chi connectivity index (χ2n) is 9.97. The Labute approximate surface area is 228 Å². The van der Waals surface area contributed by atoms with Gasteiger partial charge in [-0.2, -0.15) is 5.10 Å².